The molecule has 200 valence electrons. The molecule has 1 aliphatic heterocycles. The number of nitrogens with one attached hydrogen (secondary N) is 1. The van der Waals surface area contributed by atoms with E-state index in [4.69, 9.17) is 25.8 Å². The average Bonchev–Trinajstić information content (AvgIpc) is 3.32. The third-order valence-corrected chi connectivity index (χ3v) is 8.20. The lowest BCUT2D eigenvalue weighted by atomic mass is 10.0. The maximum absolute atomic E-state index is 13.5. The molecule has 0 aromatic carbocycles. The fourth-order valence-electron chi connectivity index (χ4n) is 4.25. The van der Waals surface area contributed by atoms with Gasteiger partial charge in [-0.15, -0.1) is 10.2 Å². The fraction of sp³-hybridized carbons (Fsp3) is 0.522. The van der Waals surface area contributed by atoms with Crippen LogP contribution in [0.1, 0.15) is 51.1 Å². The molecule has 1 saturated heterocycles. The first-order chi connectivity index (χ1) is 17.7. The smallest absolute Gasteiger partial charge is 0.240 e. The molecule has 0 spiro atoms. The number of hydrogen-bond acceptors (Lipinski definition) is 10. The van der Waals surface area contributed by atoms with Crippen LogP contribution in [-0.4, -0.2) is 70.3 Å². The minimum Gasteiger partial charge on any atom is -0.481 e. The van der Waals surface area contributed by atoms with Gasteiger partial charge in [-0.25, -0.2) is 23.4 Å². The molecule has 14 heteroatoms. The molecule has 0 radical (unpaired) electrons. The molecule has 4 rings (SSSR count). The zero-order chi connectivity index (χ0) is 26.6. The fourth-order valence-corrected chi connectivity index (χ4v) is 5.48. The van der Waals surface area contributed by atoms with Gasteiger partial charge in [-0.3, -0.25) is 9.29 Å². The molecule has 4 heterocycles. The number of pyridine rings is 1. The van der Waals surface area contributed by atoms with Crippen molar-refractivity contribution < 1.29 is 22.6 Å². The van der Waals surface area contributed by atoms with Crippen LogP contribution in [0, 0.1) is 0 Å². The van der Waals surface area contributed by atoms with Gasteiger partial charge in [0.25, 0.3) is 0 Å². The zero-order valence-corrected chi connectivity index (χ0v) is 22.6. The second-order valence-corrected chi connectivity index (χ2v) is 11.2. The summed E-state index contributed by atoms with van der Waals surface area (Å²) in [5, 5.41) is 7.75. The molecule has 0 saturated carbocycles. The summed E-state index contributed by atoms with van der Waals surface area (Å²) in [6.07, 6.45) is 4.49. The molecule has 3 aromatic heterocycles. The summed E-state index contributed by atoms with van der Waals surface area (Å²) in [5.41, 5.74) is 0.484. The highest BCUT2D eigenvalue weighted by Gasteiger charge is 2.36. The topological polar surface area (TPSA) is 143 Å². The highest BCUT2D eigenvalue weighted by Crippen LogP contribution is 2.32. The first kappa shape index (κ1) is 27.2. The molecular weight excluding hydrogens is 522 g/mol. The Balaban J connectivity index is 1.70. The van der Waals surface area contributed by atoms with Crippen LogP contribution in [0.25, 0.3) is 11.5 Å². The molecule has 1 fully saturated rings. The quantitative estimate of drug-likeness (QED) is 0.398. The van der Waals surface area contributed by atoms with E-state index in [-0.39, 0.29) is 23.9 Å². The Kier molecular flexibility index (Phi) is 8.57. The first-order valence-electron chi connectivity index (χ1n) is 11.8. The van der Waals surface area contributed by atoms with E-state index in [1.807, 2.05) is 6.92 Å². The summed E-state index contributed by atoms with van der Waals surface area (Å²) in [6.45, 7) is 4.09. The Morgan fingerprint density at radius 3 is 2.57 bits per heavy atom. The van der Waals surface area contributed by atoms with Gasteiger partial charge in [-0.1, -0.05) is 17.7 Å². The van der Waals surface area contributed by atoms with E-state index in [0.717, 1.165) is 19.3 Å². The number of halogens is 1. The molecule has 4 atom stereocenters. The van der Waals surface area contributed by atoms with E-state index in [9.17, 15) is 8.42 Å². The minimum absolute atomic E-state index is 0.0417. The van der Waals surface area contributed by atoms with Crippen LogP contribution in [0.4, 0.5) is 5.95 Å². The van der Waals surface area contributed by atoms with E-state index in [1.54, 1.807) is 22.8 Å². The number of rotatable bonds is 10. The molecule has 0 bridgehead atoms. The van der Waals surface area contributed by atoms with Crippen LogP contribution in [-0.2, 0) is 19.5 Å². The third kappa shape index (κ3) is 6.00. The highest BCUT2D eigenvalue weighted by molar-refractivity contribution is 7.93. The van der Waals surface area contributed by atoms with E-state index in [1.165, 1.54) is 33.5 Å². The largest absolute Gasteiger partial charge is 0.481 e. The van der Waals surface area contributed by atoms with Crippen LogP contribution in [0.15, 0.2) is 30.6 Å². The number of anilines is 1. The molecule has 12 nitrogen and oxygen atoms in total. The van der Waals surface area contributed by atoms with Crippen molar-refractivity contribution in [2.45, 2.75) is 56.6 Å². The maximum atomic E-state index is 13.5. The van der Waals surface area contributed by atoms with Crippen LogP contribution in [0.2, 0.25) is 5.02 Å². The lowest BCUT2D eigenvalue weighted by Crippen LogP contribution is -2.35. The van der Waals surface area contributed by atoms with Gasteiger partial charge < -0.3 is 14.2 Å². The van der Waals surface area contributed by atoms with Gasteiger partial charge in [0, 0.05) is 32.2 Å². The van der Waals surface area contributed by atoms with E-state index in [2.05, 4.69) is 29.9 Å². The lowest BCUT2D eigenvalue weighted by Gasteiger charge is -2.30. The van der Waals surface area contributed by atoms with Crippen LogP contribution < -0.4 is 9.46 Å². The Hall–Kier alpha value is -2.87. The van der Waals surface area contributed by atoms with Gasteiger partial charge in [0.15, 0.2) is 11.6 Å². The van der Waals surface area contributed by atoms with Gasteiger partial charge in [0.2, 0.25) is 21.9 Å². The molecule has 0 unspecified atom stereocenters. The number of sulfonamides is 1. The molecule has 0 aliphatic carbocycles. The first-order valence-corrected chi connectivity index (χ1v) is 13.8. The number of nitrogens with zero attached hydrogens (tertiary/aromatic N) is 6. The van der Waals surface area contributed by atoms with Crippen molar-refractivity contribution >= 4 is 27.6 Å². The summed E-state index contributed by atoms with van der Waals surface area (Å²) < 4.78 is 48.1. The molecule has 1 aliphatic rings. The van der Waals surface area contributed by atoms with Crippen LogP contribution in [0.3, 0.4) is 0 Å². The second-order valence-electron chi connectivity index (χ2n) is 8.70. The predicted octanol–water partition coefficient (Wildman–Crippen LogP) is 3.44. The third-order valence-electron chi connectivity index (χ3n) is 6.32. The van der Waals surface area contributed by atoms with Gasteiger partial charge >= 0.3 is 0 Å². The van der Waals surface area contributed by atoms with Crippen LogP contribution in [0.5, 0.6) is 5.88 Å². The molecular formula is C23H30ClN7O5S. The summed E-state index contributed by atoms with van der Waals surface area (Å²) in [4.78, 5) is 12.7. The number of methoxy groups -OCH3 is 2. The van der Waals surface area contributed by atoms with Gasteiger partial charge in [-0.05, 0) is 39.2 Å². The Bertz CT molecular complexity index is 1300. The van der Waals surface area contributed by atoms with Gasteiger partial charge in [0.1, 0.15) is 17.0 Å². The second kappa shape index (κ2) is 11.7. The number of ether oxygens (including phenoxy) is 3. The number of hydrogen-bond donors (Lipinski definition) is 1. The summed E-state index contributed by atoms with van der Waals surface area (Å²) in [6, 6.07) is 4.97. The summed E-state index contributed by atoms with van der Waals surface area (Å²) in [7, 11) is -1.13. The number of aromatic nitrogens is 6. The Morgan fingerprint density at radius 2 is 1.92 bits per heavy atom. The monoisotopic (exact) mass is 551 g/mol. The molecule has 37 heavy (non-hydrogen) atoms. The Labute approximate surface area is 220 Å². The Morgan fingerprint density at radius 1 is 1.16 bits per heavy atom. The summed E-state index contributed by atoms with van der Waals surface area (Å²) in [5.74, 6) is 1.02. The van der Waals surface area contributed by atoms with Gasteiger partial charge in [0.05, 0.1) is 24.3 Å². The normalized spacial score (nSPS) is 18.7. The predicted molar refractivity (Wildman–Crippen MR) is 137 cm³/mol. The highest BCUT2D eigenvalue weighted by atomic mass is 35.5. The SMILES string of the molecule is COc1cccc(-c2nnc(NS(=O)(=O)[C@@H](C)[C@H](OC)c3ncc(Cl)cn3)n2[C@@H](C)[C@@H]2CCCCO2)n1. The van der Waals surface area contributed by atoms with Crippen molar-refractivity contribution in [2.75, 3.05) is 25.5 Å². The van der Waals surface area contributed by atoms with Crippen molar-refractivity contribution in [1.29, 1.82) is 0 Å². The van der Waals surface area contributed by atoms with E-state index < -0.39 is 21.4 Å². The van der Waals surface area contributed by atoms with E-state index >= 15 is 0 Å². The van der Waals surface area contributed by atoms with Crippen molar-refractivity contribution in [3.8, 4) is 17.4 Å². The summed E-state index contributed by atoms with van der Waals surface area (Å²) >= 11 is 5.88. The molecule has 0 amide bonds. The standard InChI is InChI=1S/C23H30ClN7O5S/c1-14(18-9-5-6-11-36-18)31-22(17-8-7-10-19(27-17)34-3)28-29-23(31)30-37(32,33)15(2)20(35-4)21-25-12-16(24)13-26-21/h7-8,10,12-15,18,20H,5-6,9,11H2,1-4H3,(H,29,30)/t14-,15-,18-,20-/m0/s1. The molecule has 3 aromatic rings. The average molecular weight is 552 g/mol. The lowest BCUT2D eigenvalue weighted by molar-refractivity contribution is -0.0116. The van der Waals surface area contributed by atoms with Crippen molar-refractivity contribution in [3.63, 3.8) is 0 Å². The van der Waals surface area contributed by atoms with Crippen molar-refractivity contribution in [2.24, 2.45) is 0 Å². The van der Waals surface area contributed by atoms with E-state index in [0.29, 0.717) is 29.0 Å². The van der Waals surface area contributed by atoms with Gasteiger partial charge in [-0.2, -0.15) is 0 Å². The maximum Gasteiger partial charge on any atom is 0.240 e. The van der Waals surface area contributed by atoms with Crippen LogP contribution >= 0.6 is 11.6 Å². The molecule has 1 N–H and O–H groups in total. The zero-order valence-electron chi connectivity index (χ0n) is 21.0. The van der Waals surface area contributed by atoms with Crippen molar-refractivity contribution in [1.82, 2.24) is 29.7 Å². The minimum atomic E-state index is -4.05. The van der Waals surface area contributed by atoms with Crippen molar-refractivity contribution in [3.05, 3.63) is 41.4 Å².